The van der Waals surface area contributed by atoms with Gasteiger partial charge < -0.3 is 20.2 Å². The SMILES string of the molecule is Oc1ccc2c3ccc(O)cc3c3[nH]c(-c4c[nH]c5ccc(Br)cc45)nc3c2c1. The quantitative estimate of drug-likeness (QED) is 0.228. The van der Waals surface area contributed by atoms with Crippen molar-refractivity contribution >= 4 is 59.4 Å². The van der Waals surface area contributed by atoms with Crippen LogP contribution in [0.5, 0.6) is 11.5 Å². The lowest BCUT2D eigenvalue weighted by atomic mass is 9.99. The Morgan fingerprint density at radius 3 is 2.28 bits per heavy atom. The average molecular weight is 444 g/mol. The lowest BCUT2D eigenvalue weighted by molar-refractivity contribution is 0.475. The first-order valence-electron chi connectivity index (χ1n) is 9.12. The Bertz CT molecular complexity index is 1520. The van der Waals surface area contributed by atoms with E-state index in [2.05, 4.69) is 32.0 Å². The van der Waals surface area contributed by atoms with Crippen molar-refractivity contribution in [2.24, 2.45) is 0 Å². The van der Waals surface area contributed by atoms with Gasteiger partial charge in [0.2, 0.25) is 0 Å². The number of phenols is 2. The Morgan fingerprint density at radius 2 is 1.48 bits per heavy atom. The number of hydrogen-bond acceptors (Lipinski definition) is 3. The van der Waals surface area contributed by atoms with Crippen molar-refractivity contribution in [3.8, 4) is 22.9 Å². The van der Waals surface area contributed by atoms with Gasteiger partial charge >= 0.3 is 0 Å². The number of aromatic nitrogens is 3. The molecule has 0 amide bonds. The molecule has 0 saturated carbocycles. The lowest BCUT2D eigenvalue weighted by Crippen LogP contribution is -1.82. The van der Waals surface area contributed by atoms with Gasteiger partial charge in [0.1, 0.15) is 17.3 Å². The maximum atomic E-state index is 10.1. The highest BCUT2D eigenvalue weighted by Crippen LogP contribution is 2.39. The second-order valence-corrected chi connectivity index (χ2v) is 8.08. The topological polar surface area (TPSA) is 84.9 Å². The van der Waals surface area contributed by atoms with E-state index in [1.807, 2.05) is 30.5 Å². The first-order valence-corrected chi connectivity index (χ1v) is 9.92. The smallest absolute Gasteiger partial charge is 0.140 e. The summed E-state index contributed by atoms with van der Waals surface area (Å²) in [5, 5.41) is 24.9. The Balaban J connectivity index is 1.77. The number of imidazole rings is 1. The average Bonchev–Trinajstić information content (AvgIpc) is 3.32. The van der Waals surface area contributed by atoms with Crippen molar-refractivity contribution in [1.29, 1.82) is 0 Å². The number of nitrogens with one attached hydrogen (secondary N) is 2. The van der Waals surface area contributed by atoms with Gasteiger partial charge in [-0.2, -0.15) is 0 Å². The number of rotatable bonds is 1. The van der Waals surface area contributed by atoms with E-state index in [-0.39, 0.29) is 11.5 Å². The van der Waals surface area contributed by atoms with Crippen LogP contribution >= 0.6 is 15.9 Å². The number of fused-ring (bicyclic) bond motifs is 7. The van der Waals surface area contributed by atoms with E-state index in [1.165, 1.54) is 0 Å². The van der Waals surface area contributed by atoms with Gasteiger partial charge in [0.05, 0.1) is 11.0 Å². The molecule has 0 aliphatic carbocycles. The van der Waals surface area contributed by atoms with Crippen LogP contribution in [0.2, 0.25) is 0 Å². The number of aromatic hydroxyl groups is 2. The molecule has 0 atom stereocenters. The Kier molecular flexibility index (Phi) is 3.26. The van der Waals surface area contributed by atoms with E-state index in [0.29, 0.717) is 0 Å². The number of aromatic amines is 2. The van der Waals surface area contributed by atoms with Gasteiger partial charge in [0.15, 0.2) is 0 Å². The van der Waals surface area contributed by atoms with Crippen LogP contribution in [0.25, 0.3) is 54.9 Å². The van der Waals surface area contributed by atoms with Crippen LogP contribution in [-0.2, 0) is 0 Å². The second kappa shape index (κ2) is 5.75. The van der Waals surface area contributed by atoms with Crippen molar-refractivity contribution in [1.82, 2.24) is 15.0 Å². The molecule has 4 N–H and O–H groups in total. The van der Waals surface area contributed by atoms with E-state index >= 15 is 0 Å². The normalized spacial score (nSPS) is 11.9. The predicted octanol–water partition coefficient (Wildman–Crippen LogP) is 6.19. The molecular weight excluding hydrogens is 430 g/mol. The van der Waals surface area contributed by atoms with E-state index in [1.54, 1.807) is 24.3 Å². The van der Waals surface area contributed by atoms with Crippen LogP contribution in [0.1, 0.15) is 0 Å². The zero-order valence-corrected chi connectivity index (χ0v) is 16.6. The van der Waals surface area contributed by atoms with Crippen molar-refractivity contribution in [3.05, 3.63) is 65.3 Å². The number of halogens is 1. The first-order chi connectivity index (χ1) is 14.1. The molecule has 2 aromatic heterocycles. The summed E-state index contributed by atoms with van der Waals surface area (Å²) in [6.45, 7) is 0. The minimum Gasteiger partial charge on any atom is -0.508 e. The highest BCUT2D eigenvalue weighted by molar-refractivity contribution is 9.10. The third kappa shape index (κ3) is 2.36. The monoisotopic (exact) mass is 443 g/mol. The van der Waals surface area contributed by atoms with Crippen LogP contribution in [0.3, 0.4) is 0 Å². The zero-order chi connectivity index (χ0) is 19.7. The van der Waals surface area contributed by atoms with Gasteiger partial charge in [-0.05, 0) is 53.2 Å². The maximum Gasteiger partial charge on any atom is 0.140 e. The summed E-state index contributed by atoms with van der Waals surface area (Å²) in [6, 6.07) is 16.7. The number of hydrogen-bond donors (Lipinski definition) is 4. The highest BCUT2D eigenvalue weighted by atomic mass is 79.9. The predicted molar refractivity (Wildman–Crippen MR) is 119 cm³/mol. The molecule has 2 heterocycles. The highest BCUT2D eigenvalue weighted by Gasteiger charge is 2.17. The fourth-order valence-corrected chi connectivity index (χ4v) is 4.48. The molecule has 4 aromatic carbocycles. The summed E-state index contributed by atoms with van der Waals surface area (Å²) in [5.41, 5.74) is 3.56. The molecular formula is C23H14BrN3O2. The number of phenolic OH excluding ortho intramolecular Hbond substituents is 2. The molecule has 0 saturated heterocycles. The minimum atomic E-state index is 0.192. The Labute approximate surface area is 172 Å². The van der Waals surface area contributed by atoms with Crippen molar-refractivity contribution < 1.29 is 10.2 Å². The molecule has 140 valence electrons. The van der Waals surface area contributed by atoms with Crippen LogP contribution in [0.4, 0.5) is 0 Å². The number of H-pyrrole nitrogens is 2. The summed E-state index contributed by atoms with van der Waals surface area (Å²) in [4.78, 5) is 11.6. The Hall–Kier alpha value is -3.51. The summed E-state index contributed by atoms with van der Waals surface area (Å²) >= 11 is 3.54. The van der Waals surface area contributed by atoms with E-state index in [4.69, 9.17) is 4.98 Å². The van der Waals surface area contributed by atoms with Crippen molar-refractivity contribution in [3.63, 3.8) is 0 Å². The number of benzene rings is 4. The van der Waals surface area contributed by atoms with Crippen LogP contribution in [0.15, 0.2) is 65.3 Å². The molecule has 6 rings (SSSR count). The molecule has 29 heavy (non-hydrogen) atoms. The summed E-state index contributed by atoms with van der Waals surface area (Å²) < 4.78 is 0.993. The van der Waals surface area contributed by atoms with Gasteiger partial charge in [-0.15, -0.1) is 0 Å². The first kappa shape index (κ1) is 16.4. The maximum absolute atomic E-state index is 10.1. The minimum absolute atomic E-state index is 0.192. The molecule has 6 heteroatoms. The van der Waals surface area contributed by atoms with Crippen molar-refractivity contribution in [2.75, 3.05) is 0 Å². The van der Waals surface area contributed by atoms with Gasteiger partial charge in [-0.1, -0.05) is 28.1 Å². The van der Waals surface area contributed by atoms with Gasteiger partial charge in [-0.25, -0.2) is 4.98 Å². The van der Waals surface area contributed by atoms with Gasteiger partial charge in [0, 0.05) is 37.9 Å². The molecule has 0 fully saturated rings. The molecule has 0 bridgehead atoms. The van der Waals surface area contributed by atoms with Crippen LogP contribution < -0.4 is 0 Å². The molecule has 0 aliphatic heterocycles. The van der Waals surface area contributed by atoms with Crippen molar-refractivity contribution in [2.45, 2.75) is 0 Å². The lowest BCUT2D eigenvalue weighted by Gasteiger charge is -2.07. The largest absolute Gasteiger partial charge is 0.508 e. The third-order valence-electron chi connectivity index (χ3n) is 5.42. The van der Waals surface area contributed by atoms with E-state index < -0.39 is 0 Å². The molecule has 0 spiro atoms. The fraction of sp³-hybridized carbons (Fsp3) is 0. The van der Waals surface area contributed by atoms with E-state index in [0.717, 1.165) is 59.3 Å². The molecule has 0 radical (unpaired) electrons. The second-order valence-electron chi connectivity index (χ2n) is 7.16. The summed E-state index contributed by atoms with van der Waals surface area (Å²) in [7, 11) is 0. The molecule has 6 aromatic rings. The molecule has 5 nitrogen and oxygen atoms in total. The zero-order valence-electron chi connectivity index (χ0n) is 15.0. The third-order valence-corrected chi connectivity index (χ3v) is 5.92. The van der Waals surface area contributed by atoms with Crippen LogP contribution in [-0.4, -0.2) is 25.2 Å². The molecule has 0 aliphatic rings. The molecule has 0 unspecified atom stereocenters. The van der Waals surface area contributed by atoms with Crippen LogP contribution in [0, 0.1) is 0 Å². The van der Waals surface area contributed by atoms with Gasteiger partial charge in [-0.3, -0.25) is 0 Å². The summed E-state index contributed by atoms with van der Waals surface area (Å²) in [5.74, 6) is 1.12. The van der Waals surface area contributed by atoms with E-state index in [9.17, 15) is 10.2 Å². The Morgan fingerprint density at radius 1 is 0.759 bits per heavy atom. The van der Waals surface area contributed by atoms with Gasteiger partial charge in [0.25, 0.3) is 0 Å². The number of nitrogens with zero attached hydrogens (tertiary/aromatic N) is 1. The fourth-order valence-electron chi connectivity index (χ4n) is 4.12. The standard InChI is InChI=1S/C23H14BrN3O2/c24-11-1-6-20-16(7-11)19(10-25-20)23-26-21-17-8-12(28)2-4-14(17)15-5-3-13(29)9-18(15)22(21)27-23/h1-10,25,28-29H,(H,26,27). The summed E-state index contributed by atoms with van der Waals surface area (Å²) in [6.07, 6.45) is 1.94.